The molecule has 0 N–H and O–H groups in total. The summed E-state index contributed by atoms with van der Waals surface area (Å²) in [6, 6.07) is 1.60. The second kappa shape index (κ2) is 8.51. The van der Waals surface area contributed by atoms with Crippen molar-refractivity contribution in [2.75, 3.05) is 6.61 Å². The van der Waals surface area contributed by atoms with Gasteiger partial charge in [-0.1, -0.05) is 33.1 Å². The Labute approximate surface area is 138 Å². The monoisotopic (exact) mass is 326 g/mol. The Kier molecular flexibility index (Phi) is 6.67. The average molecular weight is 326 g/mol. The Morgan fingerprint density at radius 1 is 1.26 bits per heavy atom. The fourth-order valence-corrected chi connectivity index (χ4v) is 3.09. The minimum Gasteiger partial charge on any atom is -0.490 e. The summed E-state index contributed by atoms with van der Waals surface area (Å²) in [6.07, 6.45) is 6.95. The van der Waals surface area contributed by atoms with Crippen molar-refractivity contribution in [1.82, 2.24) is 0 Å². The van der Waals surface area contributed by atoms with Crippen LogP contribution in [0.5, 0.6) is 11.5 Å². The minimum atomic E-state index is -0.933. The maximum Gasteiger partial charge on any atom is 0.204 e. The van der Waals surface area contributed by atoms with Crippen LogP contribution in [0.15, 0.2) is 6.07 Å². The summed E-state index contributed by atoms with van der Waals surface area (Å²) in [7, 11) is 0. The smallest absolute Gasteiger partial charge is 0.204 e. The molecule has 1 aromatic carbocycles. The third kappa shape index (κ3) is 4.82. The molecule has 0 spiro atoms. The first-order chi connectivity index (χ1) is 11.0. The van der Waals surface area contributed by atoms with Crippen molar-refractivity contribution >= 4 is 0 Å². The number of benzene rings is 1. The number of halogens is 2. The molecule has 1 heterocycles. The molecule has 23 heavy (non-hydrogen) atoms. The molecule has 0 aromatic heterocycles. The van der Waals surface area contributed by atoms with E-state index in [1.807, 2.05) is 6.92 Å². The number of ether oxygens (including phenoxy) is 2. The number of fused-ring (bicyclic) bond motifs is 1. The van der Waals surface area contributed by atoms with Crippen LogP contribution < -0.4 is 9.47 Å². The Morgan fingerprint density at radius 3 is 2.78 bits per heavy atom. The number of hydrogen-bond donors (Lipinski definition) is 0. The number of hydrogen-bond acceptors (Lipinski definition) is 2. The molecular formula is C19H28F2O2. The van der Waals surface area contributed by atoms with Gasteiger partial charge < -0.3 is 9.47 Å². The van der Waals surface area contributed by atoms with Gasteiger partial charge in [0, 0.05) is 5.56 Å². The molecule has 1 aromatic rings. The van der Waals surface area contributed by atoms with Gasteiger partial charge in [-0.25, -0.2) is 0 Å². The van der Waals surface area contributed by atoms with Gasteiger partial charge in [-0.3, -0.25) is 0 Å². The van der Waals surface area contributed by atoms with Gasteiger partial charge in [0.2, 0.25) is 11.6 Å². The van der Waals surface area contributed by atoms with Gasteiger partial charge in [-0.2, -0.15) is 8.78 Å². The summed E-state index contributed by atoms with van der Waals surface area (Å²) in [5, 5.41) is 0. The number of aryl methyl sites for hydroxylation is 1. The minimum absolute atomic E-state index is 0.0148. The lowest BCUT2D eigenvalue weighted by Gasteiger charge is -2.24. The lowest BCUT2D eigenvalue weighted by molar-refractivity contribution is 0.178. The summed E-state index contributed by atoms with van der Waals surface area (Å²) in [4.78, 5) is 0. The molecule has 1 aliphatic rings. The molecule has 0 aliphatic carbocycles. The van der Waals surface area contributed by atoms with E-state index in [9.17, 15) is 8.78 Å². The summed E-state index contributed by atoms with van der Waals surface area (Å²) < 4.78 is 39.1. The van der Waals surface area contributed by atoms with Gasteiger partial charge in [0.15, 0.2) is 11.5 Å². The molecule has 0 radical (unpaired) electrons. The summed E-state index contributed by atoms with van der Waals surface area (Å²) >= 11 is 0. The zero-order valence-electron chi connectivity index (χ0n) is 14.5. The van der Waals surface area contributed by atoms with Crippen molar-refractivity contribution < 1.29 is 18.3 Å². The van der Waals surface area contributed by atoms with E-state index in [1.54, 1.807) is 6.07 Å². The molecular weight excluding hydrogens is 298 g/mol. The zero-order chi connectivity index (χ0) is 16.8. The van der Waals surface area contributed by atoms with Crippen molar-refractivity contribution in [2.24, 2.45) is 5.92 Å². The molecule has 2 unspecified atom stereocenters. The van der Waals surface area contributed by atoms with Gasteiger partial charge >= 0.3 is 0 Å². The molecule has 2 nitrogen and oxygen atoms in total. The zero-order valence-corrected chi connectivity index (χ0v) is 14.5. The highest BCUT2D eigenvalue weighted by atomic mass is 19.2. The van der Waals surface area contributed by atoms with Crippen molar-refractivity contribution in [1.29, 1.82) is 0 Å². The molecule has 4 heteroatoms. The van der Waals surface area contributed by atoms with Crippen molar-refractivity contribution in [2.45, 2.75) is 71.8 Å². The van der Waals surface area contributed by atoms with Crippen LogP contribution in [0.25, 0.3) is 0 Å². The maximum atomic E-state index is 14.1. The standard InChI is InChI=1S/C19H28F2O2/c1-4-7-13(2)8-5-6-11-22-16-12-15-10-9-14(3)23-19(15)18(21)17(16)20/h12-14H,4-11H2,1-3H3. The van der Waals surface area contributed by atoms with E-state index < -0.39 is 11.6 Å². The highest BCUT2D eigenvalue weighted by Gasteiger charge is 2.25. The normalized spacial score (nSPS) is 18.2. The first-order valence-electron chi connectivity index (χ1n) is 8.83. The van der Waals surface area contributed by atoms with Crippen LogP contribution in [0, 0.1) is 17.6 Å². The van der Waals surface area contributed by atoms with E-state index in [-0.39, 0.29) is 17.6 Å². The Bertz CT molecular complexity index is 517. The van der Waals surface area contributed by atoms with Crippen LogP contribution >= 0.6 is 0 Å². The Balaban J connectivity index is 1.87. The fraction of sp³-hybridized carbons (Fsp3) is 0.684. The van der Waals surface area contributed by atoms with E-state index in [0.29, 0.717) is 18.6 Å². The van der Waals surface area contributed by atoms with E-state index in [1.165, 1.54) is 12.8 Å². The molecule has 2 atom stereocenters. The van der Waals surface area contributed by atoms with Crippen LogP contribution in [-0.4, -0.2) is 12.7 Å². The second-order valence-corrected chi connectivity index (χ2v) is 6.70. The van der Waals surface area contributed by atoms with Crippen molar-refractivity contribution in [3.63, 3.8) is 0 Å². The van der Waals surface area contributed by atoms with Gasteiger partial charge in [-0.15, -0.1) is 0 Å². The highest BCUT2D eigenvalue weighted by Crippen LogP contribution is 2.36. The highest BCUT2D eigenvalue weighted by molar-refractivity contribution is 5.44. The maximum absolute atomic E-state index is 14.1. The van der Waals surface area contributed by atoms with Crippen LogP contribution in [0.1, 0.15) is 64.9 Å². The van der Waals surface area contributed by atoms with E-state index in [2.05, 4.69) is 13.8 Å². The largest absolute Gasteiger partial charge is 0.490 e. The molecule has 0 bridgehead atoms. The van der Waals surface area contributed by atoms with E-state index in [4.69, 9.17) is 9.47 Å². The van der Waals surface area contributed by atoms with E-state index in [0.717, 1.165) is 31.6 Å². The second-order valence-electron chi connectivity index (χ2n) is 6.70. The molecule has 0 saturated carbocycles. The Hall–Kier alpha value is -1.32. The quantitative estimate of drug-likeness (QED) is 0.574. The SMILES string of the molecule is CCCC(C)CCCCOc1cc2c(c(F)c1F)OC(C)CC2. The summed E-state index contributed by atoms with van der Waals surface area (Å²) in [5.41, 5.74) is 0.702. The van der Waals surface area contributed by atoms with Gasteiger partial charge in [-0.05, 0) is 44.6 Å². The predicted octanol–water partition coefficient (Wildman–Crippen LogP) is 5.66. The van der Waals surface area contributed by atoms with Crippen LogP contribution in [0.4, 0.5) is 8.78 Å². The number of unbranched alkanes of at least 4 members (excludes halogenated alkanes) is 1. The van der Waals surface area contributed by atoms with Crippen LogP contribution in [-0.2, 0) is 6.42 Å². The third-order valence-corrected chi connectivity index (χ3v) is 4.47. The molecule has 1 aliphatic heterocycles. The van der Waals surface area contributed by atoms with Gasteiger partial charge in [0.1, 0.15) is 0 Å². The molecule has 0 saturated heterocycles. The first kappa shape index (κ1) is 18.0. The van der Waals surface area contributed by atoms with Gasteiger partial charge in [0.05, 0.1) is 12.7 Å². The van der Waals surface area contributed by atoms with Crippen LogP contribution in [0.2, 0.25) is 0 Å². The molecule has 0 amide bonds. The van der Waals surface area contributed by atoms with E-state index >= 15 is 0 Å². The Morgan fingerprint density at radius 2 is 2.04 bits per heavy atom. The topological polar surface area (TPSA) is 18.5 Å². The summed E-state index contributed by atoms with van der Waals surface area (Å²) in [6.45, 7) is 6.73. The third-order valence-electron chi connectivity index (χ3n) is 4.47. The lowest BCUT2D eigenvalue weighted by atomic mass is 9.99. The van der Waals surface area contributed by atoms with Crippen molar-refractivity contribution in [3.05, 3.63) is 23.3 Å². The lowest BCUT2D eigenvalue weighted by Crippen LogP contribution is -2.20. The predicted molar refractivity (Wildman–Crippen MR) is 88.2 cm³/mol. The van der Waals surface area contributed by atoms with Crippen LogP contribution in [0.3, 0.4) is 0 Å². The van der Waals surface area contributed by atoms with Gasteiger partial charge in [0.25, 0.3) is 0 Å². The number of rotatable bonds is 8. The first-order valence-corrected chi connectivity index (χ1v) is 8.83. The molecule has 130 valence electrons. The van der Waals surface area contributed by atoms with Crippen molar-refractivity contribution in [3.8, 4) is 11.5 Å². The molecule has 0 fully saturated rings. The summed E-state index contributed by atoms with van der Waals surface area (Å²) in [5.74, 6) is -1.06. The fourth-order valence-electron chi connectivity index (χ4n) is 3.09. The molecule has 2 rings (SSSR count). The average Bonchev–Trinajstić information content (AvgIpc) is 2.52.